The number of aliphatic hydroxyl groups excluding tert-OH is 1. The van der Waals surface area contributed by atoms with Crippen LogP contribution in [0.15, 0.2) is 58.1 Å². The highest BCUT2D eigenvalue weighted by atomic mass is 35.5. The van der Waals surface area contributed by atoms with E-state index < -0.39 is 17.4 Å². The maximum Gasteiger partial charge on any atom is 0.394 e. The van der Waals surface area contributed by atoms with Crippen molar-refractivity contribution in [1.29, 1.82) is 0 Å². The predicted octanol–water partition coefficient (Wildman–Crippen LogP) is 4.55. The van der Waals surface area contributed by atoms with Crippen molar-refractivity contribution in [2.75, 3.05) is 6.61 Å². The molecule has 4 rings (SSSR count). The van der Waals surface area contributed by atoms with E-state index in [2.05, 4.69) is 0 Å². The first kappa shape index (κ1) is 25.7. The number of hydrogen-bond acceptors (Lipinski definition) is 4. The third-order valence-electron chi connectivity index (χ3n) is 5.97. The van der Waals surface area contributed by atoms with Crippen molar-refractivity contribution in [3.8, 4) is 17.0 Å². The van der Waals surface area contributed by atoms with Gasteiger partial charge in [-0.25, -0.2) is 4.79 Å². The van der Waals surface area contributed by atoms with Gasteiger partial charge in [0.15, 0.2) is 0 Å². The average molecular weight is 518 g/mol. The smallest absolute Gasteiger partial charge is 0.394 e. The maximum absolute atomic E-state index is 13.6. The fourth-order valence-corrected chi connectivity index (χ4v) is 4.62. The summed E-state index contributed by atoms with van der Waals surface area (Å²) in [5, 5.41) is 9.82. The summed E-state index contributed by atoms with van der Waals surface area (Å²) in [4.78, 5) is 26.7. The first-order valence-corrected chi connectivity index (χ1v) is 11.7. The van der Waals surface area contributed by atoms with Gasteiger partial charge < -0.3 is 14.4 Å². The minimum atomic E-state index is -3.37. The van der Waals surface area contributed by atoms with Crippen molar-refractivity contribution >= 4 is 22.6 Å². The van der Waals surface area contributed by atoms with E-state index in [0.29, 0.717) is 39.8 Å². The fraction of sp³-hybridized carbons (Fsp3) is 0.308. The molecule has 0 bridgehead atoms. The Bertz CT molecular complexity index is 1530. The quantitative estimate of drug-likeness (QED) is 0.372. The van der Waals surface area contributed by atoms with E-state index in [4.69, 9.17) is 16.3 Å². The largest absolute Gasteiger partial charge is 0.433 e. The van der Waals surface area contributed by atoms with E-state index in [1.807, 2.05) is 12.1 Å². The second-order valence-corrected chi connectivity index (χ2v) is 9.13. The summed E-state index contributed by atoms with van der Waals surface area (Å²) in [7, 11) is 1.58. The first-order valence-electron chi connectivity index (χ1n) is 11.4. The third-order valence-corrected chi connectivity index (χ3v) is 6.23. The second-order valence-electron chi connectivity index (χ2n) is 8.70. The van der Waals surface area contributed by atoms with Crippen LogP contribution in [0.4, 0.5) is 8.78 Å². The van der Waals surface area contributed by atoms with Crippen molar-refractivity contribution in [1.82, 2.24) is 13.7 Å². The van der Waals surface area contributed by atoms with E-state index in [-0.39, 0.29) is 31.9 Å². The van der Waals surface area contributed by atoms with Gasteiger partial charge in [-0.15, -0.1) is 0 Å². The van der Waals surface area contributed by atoms with E-state index in [1.54, 1.807) is 42.8 Å². The normalized spacial score (nSPS) is 11.9. The molecule has 0 saturated heterocycles. The highest BCUT2D eigenvalue weighted by molar-refractivity contribution is 6.30. The number of aromatic nitrogens is 3. The van der Waals surface area contributed by atoms with Crippen LogP contribution in [-0.4, -0.2) is 31.5 Å². The molecule has 0 atom stereocenters. The molecule has 0 radical (unpaired) electrons. The summed E-state index contributed by atoms with van der Waals surface area (Å²) in [5.41, 5.74) is 2.39. The van der Waals surface area contributed by atoms with E-state index >= 15 is 0 Å². The van der Waals surface area contributed by atoms with Crippen molar-refractivity contribution in [3.05, 3.63) is 85.5 Å². The fourth-order valence-electron chi connectivity index (χ4n) is 4.49. The molecule has 0 amide bonds. The molecule has 0 aliphatic carbocycles. The zero-order chi connectivity index (χ0) is 26.2. The van der Waals surface area contributed by atoms with Gasteiger partial charge in [0, 0.05) is 44.3 Å². The highest BCUT2D eigenvalue weighted by Gasteiger charge is 2.26. The van der Waals surface area contributed by atoms with Crippen LogP contribution in [0.1, 0.15) is 24.5 Å². The number of alkyl halides is 2. The Morgan fingerprint density at radius 3 is 2.39 bits per heavy atom. The molecule has 10 heteroatoms. The molecule has 2 aromatic heterocycles. The van der Waals surface area contributed by atoms with Crippen LogP contribution in [0, 0.1) is 6.92 Å². The standard InChI is InChI=1S/C26H26ClF2N3O4/c1-16-21(18-6-4-7-20(14-18)36-26(2,28)29)32(15-17-8-10-19(27)11-9-17)23-22(16)30(3)25(35)31(24(23)34)12-5-13-33/h4,6-11,14,33H,5,12-13,15H2,1-3H3. The summed E-state index contributed by atoms with van der Waals surface area (Å²) in [6.07, 6.45) is -3.12. The lowest BCUT2D eigenvalue weighted by Crippen LogP contribution is -2.39. The maximum atomic E-state index is 13.6. The van der Waals surface area contributed by atoms with Crippen LogP contribution in [0.25, 0.3) is 22.3 Å². The predicted molar refractivity (Wildman–Crippen MR) is 135 cm³/mol. The van der Waals surface area contributed by atoms with Crippen LogP contribution in [0.2, 0.25) is 5.02 Å². The van der Waals surface area contributed by atoms with Crippen LogP contribution in [0.5, 0.6) is 5.75 Å². The summed E-state index contributed by atoms with van der Waals surface area (Å²) < 4.78 is 36.2. The first-order chi connectivity index (χ1) is 17.0. The van der Waals surface area contributed by atoms with E-state index in [1.165, 1.54) is 16.7 Å². The number of hydrogen-bond donors (Lipinski definition) is 1. The lowest BCUT2D eigenvalue weighted by atomic mass is 10.1. The van der Waals surface area contributed by atoms with E-state index in [0.717, 1.165) is 10.1 Å². The Morgan fingerprint density at radius 1 is 1.06 bits per heavy atom. The molecule has 7 nitrogen and oxygen atoms in total. The van der Waals surface area contributed by atoms with Gasteiger partial charge in [0.2, 0.25) is 0 Å². The van der Waals surface area contributed by atoms with Crippen molar-refractivity contribution in [2.24, 2.45) is 7.05 Å². The Hall–Kier alpha value is -3.43. The number of halogens is 3. The molecule has 0 fully saturated rings. The second kappa shape index (κ2) is 9.91. The van der Waals surface area contributed by atoms with Gasteiger partial charge in [-0.1, -0.05) is 35.9 Å². The summed E-state index contributed by atoms with van der Waals surface area (Å²) in [6.45, 7) is 2.60. The zero-order valence-corrected chi connectivity index (χ0v) is 20.9. The Balaban J connectivity index is 2.04. The topological polar surface area (TPSA) is 78.4 Å². The van der Waals surface area contributed by atoms with Crippen molar-refractivity contribution in [3.63, 3.8) is 0 Å². The minimum absolute atomic E-state index is 0.0306. The van der Waals surface area contributed by atoms with Crippen LogP contribution in [-0.2, 0) is 20.1 Å². The summed E-state index contributed by atoms with van der Waals surface area (Å²) >= 11 is 6.05. The molecule has 36 heavy (non-hydrogen) atoms. The van der Waals surface area contributed by atoms with Gasteiger partial charge in [0.05, 0.1) is 11.2 Å². The number of fused-ring (bicyclic) bond motifs is 1. The van der Waals surface area contributed by atoms with E-state index in [9.17, 15) is 23.5 Å². The lowest BCUT2D eigenvalue weighted by molar-refractivity contribution is -0.158. The molecule has 190 valence electrons. The summed E-state index contributed by atoms with van der Waals surface area (Å²) in [6, 6.07) is 13.4. The number of rotatable bonds is 8. The van der Waals surface area contributed by atoms with Gasteiger partial charge in [-0.2, -0.15) is 8.78 Å². The number of benzene rings is 2. The number of nitrogens with zero attached hydrogens (tertiary/aromatic N) is 3. The number of aliphatic hydroxyl groups is 1. The molecular weight excluding hydrogens is 492 g/mol. The molecule has 2 aromatic carbocycles. The molecule has 1 N–H and O–H groups in total. The van der Waals surface area contributed by atoms with Gasteiger partial charge in [-0.05, 0) is 48.7 Å². The average Bonchev–Trinajstić information content (AvgIpc) is 3.10. The van der Waals surface area contributed by atoms with Crippen LogP contribution in [0.3, 0.4) is 0 Å². The molecular formula is C26H26ClF2N3O4. The van der Waals surface area contributed by atoms with Gasteiger partial charge in [0.25, 0.3) is 5.56 Å². The Morgan fingerprint density at radius 2 is 1.75 bits per heavy atom. The van der Waals surface area contributed by atoms with Crippen molar-refractivity contribution < 1.29 is 18.6 Å². The lowest BCUT2D eigenvalue weighted by Gasteiger charge is -2.16. The van der Waals surface area contributed by atoms with Crippen LogP contribution >= 0.6 is 11.6 Å². The number of aryl methyl sites for hydroxylation is 2. The minimum Gasteiger partial charge on any atom is -0.433 e. The molecule has 0 spiro atoms. The zero-order valence-electron chi connectivity index (χ0n) is 20.1. The molecule has 0 aliphatic rings. The monoisotopic (exact) mass is 517 g/mol. The highest BCUT2D eigenvalue weighted by Crippen LogP contribution is 2.34. The SMILES string of the molecule is Cc1c(-c2cccc(OC(C)(F)F)c2)n(Cc2ccc(Cl)cc2)c2c(=O)n(CCCO)c(=O)n(C)c12. The molecule has 2 heterocycles. The van der Waals surface area contributed by atoms with Gasteiger partial charge in [0.1, 0.15) is 11.3 Å². The third kappa shape index (κ3) is 4.94. The molecule has 0 unspecified atom stereocenters. The van der Waals surface area contributed by atoms with Gasteiger partial charge in [-0.3, -0.25) is 13.9 Å². The van der Waals surface area contributed by atoms with Crippen molar-refractivity contribution in [2.45, 2.75) is 39.5 Å². The summed E-state index contributed by atoms with van der Waals surface area (Å²) in [5.74, 6) is -0.0306. The number of ether oxygens (including phenoxy) is 1. The molecule has 0 saturated carbocycles. The van der Waals surface area contributed by atoms with Gasteiger partial charge >= 0.3 is 11.8 Å². The molecule has 4 aromatic rings. The Labute approximate surface area is 210 Å². The van der Waals surface area contributed by atoms with Crippen LogP contribution < -0.4 is 16.0 Å². The molecule has 0 aliphatic heterocycles. The Kier molecular flexibility index (Phi) is 7.06.